The zero-order valence-electron chi connectivity index (χ0n) is 4.70. The van der Waals surface area contributed by atoms with Gasteiger partial charge in [0.15, 0.2) is 0 Å². The van der Waals surface area contributed by atoms with E-state index in [0.717, 1.165) is 11.6 Å². The number of hydrogen-bond donors (Lipinski definition) is 1. The van der Waals surface area contributed by atoms with Crippen LogP contribution >= 0.6 is 0 Å². The number of hydrogen-bond acceptors (Lipinski definition) is 1. The first-order valence-corrected chi connectivity index (χ1v) is 3.15. The summed E-state index contributed by atoms with van der Waals surface area (Å²) in [6.45, 7) is 2.25. The Bertz CT molecular complexity index is 94.4. The standard InChI is InChI=1S/C6H11N/c1-2-5-6(7-5)3-4-6/h5,7H,2-4H2,1H3. The van der Waals surface area contributed by atoms with Crippen LogP contribution in [0.2, 0.25) is 0 Å². The van der Waals surface area contributed by atoms with E-state index in [4.69, 9.17) is 0 Å². The van der Waals surface area contributed by atoms with Crippen LogP contribution in [0.25, 0.3) is 0 Å². The number of nitrogens with one attached hydrogen (secondary N) is 1. The van der Waals surface area contributed by atoms with Crippen LogP contribution in [0.5, 0.6) is 0 Å². The van der Waals surface area contributed by atoms with E-state index < -0.39 is 0 Å². The van der Waals surface area contributed by atoms with Gasteiger partial charge in [0, 0.05) is 11.6 Å². The monoisotopic (exact) mass is 97.1 g/mol. The average Bonchev–Trinajstić information content (AvgIpc) is 2.52. The molecule has 7 heavy (non-hydrogen) atoms. The van der Waals surface area contributed by atoms with Crippen molar-refractivity contribution in [1.29, 1.82) is 0 Å². The molecule has 2 rings (SSSR count). The molecule has 0 aromatic heterocycles. The van der Waals surface area contributed by atoms with Crippen LogP contribution in [-0.4, -0.2) is 11.6 Å². The van der Waals surface area contributed by atoms with Crippen LogP contribution < -0.4 is 5.32 Å². The second-order valence-electron chi connectivity index (χ2n) is 2.76. The summed E-state index contributed by atoms with van der Waals surface area (Å²) in [5, 5.41) is 3.47. The molecule has 1 nitrogen and oxygen atoms in total. The van der Waals surface area contributed by atoms with E-state index in [-0.39, 0.29) is 0 Å². The summed E-state index contributed by atoms with van der Waals surface area (Å²) in [4.78, 5) is 0. The molecule has 1 aliphatic carbocycles. The first kappa shape index (κ1) is 3.90. The van der Waals surface area contributed by atoms with Crippen molar-refractivity contribution in [3.63, 3.8) is 0 Å². The van der Waals surface area contributed by atoms with E-state index in [1.54, 1.807) is 0 Å². The second-order valence-corrected chi connectivity index (χ2v) is 2.76. The van der Waals surface area contributed by atoms with Gasteiger partial charge in [-0.25, -0.2) is 0 Å². The summed E-state index contributed by atoms with van der Waals surface area (Å²) in [7, 11) is 0. The Labute approximate surface area is 44.1 Å². The molecule has 40 valence electrons. The van der Waals surface area contributed by atoms with Gasteiger partial charge in [-0.2, -0.15) is 0 Å². The first-order valence-electron chi connectivity index (χ1n) is 3.15. The zero-order valence-corrected chi connectivity index (χ0v) is 4.70. The molecule has 1 heteroatoms. The molecule has 0 amide bonds. The average molecular weight is 97.2 g/mol. The highest BCUT2D eigenvalue weighted by molar-refractivity contribution is 5.23. The van der Waals surface area contributed by atoms with E-state index in [9.17, 15) is 0 Å². The fourth-order valence-electron chi connectivity index (χ4n) is 1.43. The Hall–Kier alpha value is -0.0400. The SMILES string of the molecule is CCC1NC12CC2. The minimum absolute atomic E-state index is 0.717. The Morgan fingerprint density at radius 3 is 2.57 bits per heavy atom. The number of rotatable bonds is 1. The highest BCUT2D eigenvalue weighted by atomic mass is 15.3. The molecular weight excluding hydrogens is 86.1 g/mol. The minimum atomic E-state index is 0.717. The van der Waals surface area contributed by atoms with Crippen molar-refractivity contribution in [3.8, 4) is 0 Å². The predicted molar refractivity (Wildman–Crippen MR) is 29.2 cm³/mol. The van der Waals surface area contributed by atoms with Crippen molar-refractivity contribution in [2.45, 2.75) is 37.8 Å². The minimum Gasteiger partial charge on any atom is -0.305 e. The van der Waals surface area contributed by atoms with Crippen molar-refractivity contribution in [3.05, 3.63) is 0 Å². The van der Waals surface area contributed by atoms with Crippen LogP contribution in [-0.2, 0) is 0 Å². The summed E-state index contributed by atoms with van der Waals surface area (Å²) in [6, 6.07) is 0.910. The molecule has 1 N–H and O–H groups in total. The van der Waals surface area contributed by atoms with E-state index in [1.807, 2.05) is 0 Å². The molecule has 1 saturated heterocycles. The lowest BCUT2D eigenvalue weighted by Gasteiger charge is -1.78. The molecule has 1 aliphatic heterocycles. The van der Waals surface area contributed by atoms with E-state index in [0.29, 0.717) is 0 Å². The van der Waals surface area contributed by atoms with E-state index in [1.165, 1.54) is 19.3 Å². The van der Waals surface area contributed by atoms with Crippen LogP contribution in [0.15, 0.2) is 0 Å². The molecule has 1 spiro atoms. The van der Waals surface area contributed by atoms with Crippen LogP contribution in [0.3, 0.4) is 0 Å². The van der Waals surface area contributed by atoms with Gasteiger partial charge in [-0.3, -0.25) is 0 Å². The summed E-state index contributed by atoms with van der Waals surface area (Å²) in [6.07, 6.45) is 4.23. The maximum absolute atomic E-state index is 3.47. The molecule has 0 aromatic carbocycles. The maximum atomic E-state index is 3.47. The van der Waals surface area contributed by atoms with Gasteiger partial charge in [-0.15, -0.1) is 0 Å². The van der Waals surface area contributed by atoms with Crippen LogP contribution in [0.1, 0.15) is 26.2 Å². The molecule has 1 unspecified atom stereocenters. The van der Waals surface area contributed by atoms with Crippen molar-refractivity contribution >= 4 is 0 Å². The lowest BCUT2D eigenvalue weighted by molar-refractivity contribution is 0.854. The van der Waals surface area contributed by atoms with Gasteiger partial charge in [0.1, 0.15) is 0 Å². The largest absolute Gasteiger partial charge is 0.305 e. The van der Waals surface area contributed by atoms with Crippen LogP contribution in [0.4, 0.5) is 0 Å². The summed E-state index contributed by atoms with van der Waals surface area (Å²) >= 11 is 0. The highest BCUT2D eigenvalue weighted by Crippen LogP contribution is 2.50. The van der Waals surface area contributed by atoms with Crippen molar-refractivity contribution in [2.75, 3.05) is 0 Å². The smallest absolute Gasteiger partial charge is 0.0339 e. The van der Waals surface area contributed by atoms with Gasteiger partial charge in [0.05, 0.1) is 0 Å². The van der Waals surface area contributed by atoms with E-state index >= 15 is 0 Å². The molecule has 0 aromatic rings. The topological polar surface area (TPSA) is 21.9 Å². The lowest BCUT2D eigenvalue weighted by atomic mass is 10.2. The first-order chi connectivity index (χ1) is 3.37. The Kier molecular flexibility index (Phi) is 0.487. The third-order valence-electron chi connectivity index (χ3n) is 2.24. The third-order valence-corrected chi connectivity index (χ3v) is 2.24. The zero-order chi connectivity index (χ0) is 4.91. The third kappa shape index (κ3) is 0.367. The molecule has 2 aliphatic rings. The van der Waals surface area contributed by atoms with Gasteiger partial charge in [-0.1, -0.05) is 6.92 Å². The van der Waals surface area contributed by atoms with Gasteiger partial charge in [-0.05, 0) is 19.3 Å². The molecule has 2 fully saturated rings. The van der Waals surface area contributed by atoms with Gasteiger partial charge in [0.2, 0.25) is 0 Å². The molecule has 0 bridgehead atoms. The van der Waals surface area contributed by atoms with Crippen molar-refractivity contribution in [1.82, 2.24) is 5.32 Å². The second kappa shape index (κ2) is 0.873. The van der Waals surface area contributed by atoms with Crippen LogP contribution in [0, 0.1) is 0 Å². The Morgan fingerprint density at radius 2 is 2.43 bits per heavy atom. The molecule has 0 radical (unpaired) electrons. The Balaban J connectivity index is 1.97. The Morgan fingerprint density at radius 1 is 1.71 bits per heavy atom. The van der Waals surface area contributed by atoms with Gasteiger partial charge in [0.25, 0.3) is 0 Å². The maximum Gasteiger partial charge on any atom is 0.0339 e. The molecule has 1 atom stereocenters. The van der Waals surface area contributed by atoms with Gasteiger partial charge < -0.3 is 5.32 Å². The summed E-state index contributed by atoms with van der Waals surface area (Å²) in [5.41, 5.74) is 0.717. The summed E-state index contributed by atoms with van der Waals surface area (Å²) in [5.74, 6) is 0. The fourth-order valence-corrected chi connectivity index (χ4v) is 1.43. The van der Waals surface area contributed by atoms with Gasteiger partial charge >= 0.3 is 0 Å². The fraction of sp³-hybridized carbons (Fsp3) is 1.00. The van der Waals surface area contributed by atoms with Crippen molar-refractivity contribution in [2.24, 2.45) is 0 Å². The molecule has 1 heterocycles. The summed E-state index contributed by atoms with van der Waals surface area (Å²) < 4.78 is 0. The quantitative estimate of drug-likeness (QED) is 0.482. The lowest BCUT2D eigenvalue weighted by Crippen LogP contribution is -1.87. The predicted octanol–water partition coefficient (Wildman–Crippen LogP) is 0.901. The molecular formula is C6H11N. The van der Waals surface area contributed by atoms with E-state index in [2.05, 4.69) is 12.2 Å². The normalized spacial score (nSPS) is 41.6. The highest BCUT2D eigenvalue weighted by Gasteiger charge is 2.61. The molecule has 1 saturated carbocycles. The van der Waals surface area contributed by atoms with Crippen molar-refractivity contribution < 1.29 is 0 Å².